The fraction of sp³-hybridized carbons (Fsp3) is 0.278. The number of carbonyl (C=O) groups is 1. The number of halogens is 1. The van der Waals surface area contributed by atoms with E-state index in [-0.39, 0.29) is 11.3 Å². The number of aryl methyl sites for hydroxylation is 2. The summed E-state index contributed by atoms with van der Waals surface area (Å²) in [5, 5.41) is 3.23. The Bertz CT molecular complexity index is 685. The molecular formula is C18H18FNO. The van der Waals surface area contributed by atoms with Crippen molar-refractivity contribution in [2.45, 2.75) is 26.3 Å². The van der Waals surface area contributed by atoms with Crippen LogP contribution in [0.4, 0.5) is 4.39 Å². The lowest BCUT2D eigenvalue weighted by Crippen LogP contribution is -2.35. The normalized spacial score (nSPS) is 17.4. The fourth-order valence-corrected chi connectivity index (χ4v) is 3.11. The zero-order valence-electron chi connectivity index (χ0n) is 12.2. The molecule has 0 amide bonds. The van der Waals surface area contributed by atoms with Crippen molar-refractivity contribution < 1.29 is 9.18 Å². The maximum Gasteiger partial charge on any atom is 0.187 e. The number of hydrogen-bond acceptors (Lipinski definition) is 2. The molecule has 2 aromatic rings. The molecule has 1 aliphatic heterocycles. The molecule has 0 aromatic heterocycles. The van der Waals surface area contributed by atoms with Crippen molar-refractivity contribution in [3.63, 3.8) is 0 Å². The third-order valence-electron chi connectivity index (χ3n) is 4.05. The summed E-state index contributed by atoms with van der Waals surface area (Å²) in [6, 6.07) is 10.7. The molecule has 1 unspecified atom stereocenters. The Labute approximate surface area is 124 Å². The van der Waals surface area contributed by atoms with Crippen molar-refractivity contribution in [2.75, 3.05) is 6.54 Å². The third-order valence-corrected chi connectivity index (χ3v) is 4.05. The molecule has 0 fully saturated rings. The van der Waals surface area contributed by atoms with Crippen LogP contribution in [0.25, 0.3) is 0 Å². The largest absolute Gasteiger partial charge is 0.303 e. The molecule has 0 aliphatic carbocycles. The van der Waals surface area contributed by atoms with Crippen LogP contribution in [0.5, 0.6) is 0 Å². The van der Waals surface area contributed by atoms with Gasteiger partial charge in [-0.05, 0) is 48.6 Å². The topological polar surface area (TPSA) is 29.1 Å². The molecule has 108 valence electrons. The number of Topliss-reactive ketones (excluding diaryl/α,β-unsaturated/α-hetero) is 1. The highest BCUT2D eigenvalue weighted by Crippen LogP contribution is 2.28. The van der Waals surface area contributed by atoms with Gasteiger partial charge >= 0.3 is 0 Å². The fourth-order valence-electron chi connectivity index (χ4n) is 3.11. The Balaban J connectivity index is 2.05. The second-order valence-corrected chi connectivity index (χ2v) is 5.64. The van der Waals surface area contributed by atoms with Crippen LogP contribution in [0.15, 0.2) is 36.4 Å². The van der Waals surface area contributed by atoms with Gasteiger partial charge in [0.05, 0.1) is 11.6 Å². The molecule has 2 nitrogen and oxygen atoms in total. The summed E-state index contributed by atoms with van der Waals surface area (Å²) in [5.41, 5.74) is 3.86. The van der Waals surface area contributed by atoms with Crippen LogP contribution in [-0.2, 0) is 6.42 Å². The number of hydrogen-bond donors (Lipinski definition) is 1. The zero-order chi connectivity index (χ0) is 15.0. The summed E-state index contributed by atoms with van der Waals surface area (Å²) in [4.78, 5) is 12.8. The van der Waals surface area contributed by atoms with Crippen LogP contribution in [0, 0.1) is 19.7 Å². The molecule has 3 heteroatoms. The summed E-state index contributed by atoms with van der Waals surface area (Å²) in [7, 11) is 0. The van der Waals surface area contributed by atoms with Crippen molar-refractivity contribution in [3.05, 3.63) is 70.0 Å². The lowest BCUT2D eigenvalue weighted by molar-refractivity contribution is 0.0935. The van der Waals surface area contributed by atoms with E-state index in [0.29, 0.717) is 5.56 Å². The minimum atomic E-state index is -0.453. The maximum absolute atomic E-state index is 14.2. The van der Waals surface area contributed by atoms with E-state index in [1.807, 2.05) is 37.3 Å². The van der Waals surface area contributed by atoms with Crippen molar-refractivity contribution in [3.8, 4) is 0 Å². The van der Waals surface area contributed by atoms with Crippen molar-refractivity contribution in [1.82, 2.24) is 5.32 Å². The lowest BCUT2D eigenvalue weighted by Gasteiger charge is -2.26. The number of nitrogens with one attached hydrogen (secondary N) is 1. The average molecular weight is 283 g/mol. The van der Waals surface area contributed by atoms with Crippen LogP contribution in [-0.4, -0.2) is 12.3 Å². The van der Waals surface area contributed by atoms with Crippen LogP contribution >= 0.6 is 0 Å². The van der Waals surface area contributed by atoms with Crippen molar-refractivity contribution in [2.24, 2.45) is 0 Å². The average Bonchev–Trinajstić information content (AvgIpc) is 2.45. The van der Waals surface area contributed by atoms with Gasteiger partial charge in [-0.15, -0.1) is 0 Å². The SMILES string of the molecule is Cc1cc(C)c(C(=O)C2NCCc3ccccc32)c(F)c1. The van der Waals surface area contributed by atoms with Gasteiger partial charge in [-0.2, -0.15) is 0 Å². The predicted octanol–water partition coefficient (Wildman–Crippen LogP) is 3.51. The number of fused-ring (bicyclic) bond motifs is 1. The summed E-state index contributed by atoms with van der Waals surface area (Å²) < 4.78 is 14.2. The molecule has 21 heavy (non-hydrogen) atoms. The van der Waals surface area contributed by atoms with E-state index in [4.69, 9.17) is 0 Å². The smallest absolute Gasteiger partial charge is 0.187 e. The van der Waals surface area contributed by atoms with Gasteiger partial charge in [-0.3, -0.25) is 4.79 Å². The van der Waals surface area contributed by atoms with Gasteiger partial charge < -0.3 is 5.32 Å². The molecule has 1 atom stereocenters. The van der Waals surface area contributed by atoms with E-state index in [9.17, 15) is 9.18 Å². The summed E-state index contributed by atoms with van der Waals surface area (Å²) in [5.74, 6) is -0.612. The molecule has 1 N–H and O–H groups in total. The lowest BCUT2D eigenvalue weighted by atomic mass is 9.88. The number of benzene rings is 2. The van der Waals surface area contributed by atoms with Crippen LogP contribution < -0.4 is 5.32 Å². The van der Waals surface area contributed by atoms with E-state index in [1.54, 1.807) is 6.92 Å². The minimum Gasteiger partial charge on any atom is -0.303 e. The van der Waals surface area contributed by atoms with Gasteiger partial charge in [0.15, 0.2) is 5.78 Å². The van der Waals surface area contributed by atoms with E-state index in [0.717, 1.165) is 24.1 Å². The first kappa shape index (κ1) is 14.0. The van der Waals surface area contributed by atoms with Crippen LogP contribution in [0.2, 0.25) is 0 Å². The zero-order valence-corrected chi connectivity index (χ0v) is 12.2. The Hall–Kier alpha value is -2.00. The summed E-state index contributed by atoms with van der Waals surface area (Å²) in [6.07, 6.45) is 0.898. The predicted molar refractivity (Wildman–Crippen MR) is 81.1 cm³/mol. The van der Waals surface area contributed by atoms with Crippen molar-refractivity contribution in [1.29, 1.82) is 0 Å². The van der Waals surface area contributed by atoms with Crippen LogP contribution in [0.1, 0.15) is 38.7 Å². The molecule has 0 radical (unpaired) electrons. The standard InChI is InChI=1S/C18H18FNO/c1-11-9-12(2)16(15(19)10-11)18(21)17-14-6-4-3-5-13(14)7-8-20-17/h3-6,9-10,17,20H,7-8H2,1-2H3. The van der Waals surface area contributed by atoms with E-state index in [2.05, 4.69) is 5.32 Å². The molecule has 0 spiro atoms. The van der Waals surface area contributed by atoms with Gasteiger partial charge in [-0.25, -0.2) is 4.39 Å². The third kappa shape index (κ3) is 2.49. The highest BCUT2D eigenvalue weighted by molar-refractivity contribution is 6.02. The Morgan fingerprint density at radius 3 is 2.76 bits per heavy atom. The molecular weight excluding hydrogens is 265 g/mol. The molecule has 0 bridgehead atoms. The van der Waals surface area contributed by atoms with E-state index in [1.165, 1.54) is 11.6 Å². The molecule has 1 aliphatic rings. The summed E-state index contributed by atoms with van der Waals surface area (Å²) >= 11 is 0. The first-order chi connectivity index (χ1) is 10.1. The maximum atomic E-state index is 14.2. The van der Waals surface area contributed by atoms with E-state index >= 15 is 0 Å². The Morgan fingerprint density at radius 1 is 1.24 bits per heavy atom. The molecule has 3 rings (SSSR count). The monoisotopic (exact) mass is 283 g/mol. The number of ketones is 1. The van der Waals surface area contributed by atoms with Gasteiger partial charge in [0.25, 0.3) is 0 Å². The number of rotatable bonds is 2. The van der Waals surface area contributed by atoms with Gasteiger partial charge in [-0.1, -0.05) is 30.3 Å². The van der Waals surface area contributed by atoms with Crippen LogP contribution in [0.3, 0.4) is 0 Å². The van der Waals surface area contributed by atoms with Gasteiger partial charge in [0.2, 0.25) is 0 Å². The molecule has 0 saturated heterocycles. The first-order valence-electron chi connectivity index (χ1n) is 7.20. The molecule has 1 heterocycles. The Morgan fingerprint density at radius 2 is 2.00 bits per heavy atom. The molecule has 0 saturated carbocycles. The van der Waals surface area contributed by atoms with Gasteiger partial charge in [0, 0.05) is 6.54 Å². The minimum absolute atomic E-state index is 0.183. The Kier molecular flexibility index (Phi) is 3.60. The number of carbonyl (C=O) groups excluding carboxylic acids is 1. The van der Waals surface area contributed by atoms with Crippen molar-refractivity contribution >= 4 is 5.78 Å². The summed E-state index contributed by atoms with van der Waals surface area (Å²) in [6.45, 7) is 4.36. The highest BCUT2D eigenvalue weighted by atomic mass is 19.1. The first-order valence-corrected chi connectivity index (χ1v) is 7.20. The highest BCUT2D eigenvalue weighted by Gasteiger charge is 2.29. The quantitative estimate of drug-likeness (QED) is 0.855. The molecule has 2 aromatic carbocycles. The second-order valence-electron chi connectivity index (χ2n) is 5.64. The van der Waals surface area contributed by atoms with Gasteiger partial charge in [0.1, 0.15) is 5.82 Å². The van der Waals surface area contributed by atoms with E-state index < -0.39 is 11.9 Å². The second kappa shape index (κ2) is 5.41.